The molecule has 3 rings (SSSR count). The number of amides is 2. The Labute approximate surface area is 152 Å². The molecule has 132 valence electrons. The van der Waals surface area contributed by atoms with Crippen molar-refractivity contribution >= 4 is 28.8 Å². The molecule has 0 saturated heterocycles. The van der Waals surface area contributed by atoms with Gasteiger partial charge in [-0.25, -0.2) is 0 Å². The minimum Gasteiger partial charge on any atom is -0.342 e. The summed E-state index contributed by atoms with van der Waals surface area (Å²) in [6.45, 7) is 4.35. The second-order valence-corrected chi connectivity index (χ2v) is 7.89. The van der Waals surface area contributed by atoms with E-state index < -0.39 is 0 Å². The SMILES string of the molecule is CC(=O)N(C)Cc1cccc(NC(=O)c2csc3c2CCC(C)C3)c1. The molecule has 1 aromatic carbocycles. The Hall–Kier alpha value is -2.14. The van der Waals surface area contributed by atoms with E-state index >= 15 is 0 Å². The van der Waals surface area contributed by atoms with E-state index in [1.807, 2.05) is 29.6 Å². The van der Waals surface area contributed by atoms with Gasteiger partial charge in [0, 0.05) is 36.5 Å². The second kappa shape index (κ2) is 7.40. The summed E-state index contributed by atoms with van der Waals surface area (Å²) in [5.74, 6) is 0.690. The van der Waals surface area contributed by atoms with Gasteiger partial charge in [0.25, 0.3) is 5.91 Å². The first-order chi connectivity index (χ1) is 11.9. The first kappa shape index (κ1) is 17.7. The van der Waals surface area contributed by atoms with E-state index in [1.165, 1.54) is 10.4 Å². The zero-order valence-electron chi connectivity index (χ0n) is 15.0. The molecule has 5 heteroatoms. The molecule has 1 N–H and O–H groups in total. The molecule has 0 saturated carbocycles. The molecule has 2 amide bonds. The Morgan fingerprint density at radius 1 is 1.36 bits per heavy atom. The van der Waals surface area contributed by atoms with Crippen molar-refractivity contribution in [3.8, 4) is 0 Å². The van der Waals surface area contributed by atoms with Crippen LogP contribution in [0.1, 0.15) is 46.6 Å². The van der Waals surface area contributed by atoms with E-state index in [0.717, 1.165) is 36.1 Å². The van der Waals surface area contributed by atoms with Crippen molar-refractivity contribution in [1.82, 2.24) is 4.90 Å². The molecule has 25 heavy (non-hydrogen) atoms. The summed E-state index contributed by atoms with van der Waals surface area (Å²) < 4.78 is 0. The highest BCUT2D eigenvalue weighted by atomic mass is 32.1. The van der Waals surface area contributed by atoms with Crippen molar-refractivity contribution in [1.29, 1.82) is 0 Å². The number of anilines is 1. The van der Waals surface area contributed by atoms with E-state index in [1.54, 1.807) is 30.2 Å². The summed E-state index contributed by atoms with van der Waals surface area (Å²) in [6, 6.07) is 7.68. The second-order valence-electron chi connectivity index (χ2n) is 6.93. The Bertz CT molecular complexity index is 797. The first-order valence-corrected chi connectivity index (χ1v) is 9.53. The van der Waals surface area contributed by atoms with Crippen LogP contribution in [0.3, 0.4) is 0 Å². The predicted octanol–water partition coefficient (Wildman–Crippen LogP) is 4.10. The van der Waals surface area contributed by atoms with Gasteiger partial charge in [0.05, 0.1) is 5.56 Å². The van der Waals surface area contributed by atoms with Crippen molar-refractivity contribution in [2.24, 2.45) is 5.92 Å². The van der Waals surface area contributed by atoms with Crippen molar-refractivity contribution in [3.05, 3.63) is 51.2 Å². The summed E-state index contributed by atoms with van der Waals surface area (Å²) in [4.78, 5) is 27.1. The van der Waals surface area contributed by atoms with Crippen LogP contribution < -0.4 is 5.32 Å². The minimum atomic E-state index is -0.0378. The summed E-state index contributed by atoms with van der Waals surface area (Å²) in [6.07, 6.45) is 3.23. The maximum absolute atomic E-state index is 12.7. The van der Waals surface area contributed by atoms with E-state index in [2.05, 4.69) is 12.2 Å². The normalized spacial score (nSPS) is 16.2. The lowest BCUT2D eigenvalue weighted by Gasteiger charge is -2.19. The third kappa shape index (κ3) is 4.10. The highest BCUT2D eigenvalue weighted by Crippen LogP contribution is 2.33. The van der Waals surface area contributed by atoms with Gasteiger partial charge in [-0.1, -0.05) is 19.1 Å². The lowest BCUT2D eigenvalue weighted by atomic mass is 9.88. The number of carbonyl (C=O) groups excluding carboxylic acids is 2. The van der Waals surface area contributed by atoms with Crippen LogP contribution in [0, 0.1) is 5.92 Å². The van der Waals surface area contributed by atoms with E-state index in [4.69, 9.17) is 0 Å². The molecule has 1 aromatic heterocycles. The summed E-state index contributed by atoms with van der Waals surface area (Å²) >= 11 is 1.70. The van der Waals surface area contributed by atoms with E-state index in [9.17, 15) is 9.59 Å². The van der Waals surface area contributed by atoms with E-state index in [-0.39, 0.29) is 11.8 Å². The highest BCUT2D eigenvalue weighted by Gasteiger charge is 2.23. The number of benzene rings is 1. The number of thiophene rings is 1. The molecule has 0 bridgehead atoms. The maximum atomic E-state index is 12.7. The Balaban J connectivity index is 1.72. The lowest BCUT2D eigenvalue weighted by molar-refractivity contribution is -0.128. The van der Waals surface area contributed by atoms with E-state index in [0.29, 0.717) is 12.5 Å². The molecule has 0 spiro atoms. The molecule has 0 fully saturated rings. The average Bonchev–Trinajstić information content (AvgIpc) is 2.98. The molecule has 1 heterocycles. The molecule has 1 atom stereocenters. The smallest absolute Gasteiger partial charge is 0.256 e. The maximum Gasteiger partial charge on any atom is 0.256 e. The Morgan fingerprint density at radius 2 is 2.16 bits per heavy atom. The quantitative estimate of drug-likeness (QED) is 0.896. The van der Waals surface area contributed by atoms with Crippen LogP contribution in [0.5, 0.6) is 0 Å². The first-order valence-electron chi connectivity index (χ1n) is 8.65. The Kier molecular flexibility index (Phi) is 5.23. The van der Waals surface area contributed by atoms with Gasteiger partial charge < -0.3 is 10.2 Å². The standard InChI is InChI=1S/C20H24N2O2S/c1-13-7-8-17-18(12-25-19(17)9-13)20(24)21-16-6-4-5-15(10-16)11-22(3)14(2)23/h4-6,10,12-13H,7-9,11H2,1-3H3,(H,21,24). The van der Waals surface area contributed by atoms with Gasteiger partial charge in [-0.05, 0) is 48.4 Å². The number of rotatable bonds is 4. The van der Waals surface area contributed by atoms with Gasteiger partial charge in [-0.2, -0.15) is 0 Å². The van der Waals surface area contributed by atoms with Crippen LogP contribution in [0.25, 0.3) is 0 Å². The molecule has 0 radical (unpaired) electrons. The summed E-state index contributed by atoms with van der Waals surface area (Å²) in [5.41, 5.74) is 3.81. The van der Waals surface area contributed by atoms with Crippen molar-refractivity contribution < 1.29 is 9.59 Å². The highest BCUT2D eigenvalue weighted by molar-refractivity contribution is 7.10. The number of nitrogens with one attached hydrogen (secondary N) is 1. The van der Waals surface area contributed by atoms with Gasteiger partial charge in [-0.3, -0.25) is 9.59 Å². The molecular formula is C20H24N2O2S. The topological polar surface area (TPSA) is 49.4 Å². The van der Waals surface area contributed by atoms with Gasteiger partial charge in [-0.15, -0.1) is 11.3 Å². The minimum absolute atomic E-state index is 0.0218. The zero-order chi connectivity index (χ0) is 18.0. The number of nitrogens with zero attached hydrogens (tertiary/aromatic N) is 1. The molecule has 4 nitrogen and oxygen atoms in total. The fourth-order valence-electron chi connectivity index (χ4n) is 3.20. The van der Waals surface area contributed by atoms with Gasteiger partial charge in [0.1, 0.15) is 0 Å². The fraction of sp³-hybridized carbons (Fsp3) is 0.400. The lowest BCUT2D eigenvalue weighted by Crippen LogP contribution is -2.23. The third-order valence-electron chi connectivity index (χ3n) is 4.79. The van der Waals surface area contributed by atoms with Crippen molar-refractivity contribution in [3.63, 3.8) is 0 Å². The van der Waals surface area contributed by atoms with Gasteiger partial charge in [0.15, 0.2) is 0 Å². The van der Waals surface area contributed by atoms with Crippen LogP contribution in [-0.4, -0.2) is 23.8 Å². The van der Waals surface area contributed by atoms with Crippen LogP contribution in [-0.2, 0) is 24.2 Å². The number of carbonyl (C=O) groups is 2. The largest absolute Gasteiger partial charge is 0.342 e. The summed E-state index contributed by atoms with van der Waals surface area (Å²) in [5, 5.41) is 5.00. The fourth-order valence-corrected chi connectivity index (χ4v) is 4.44. The average molecular weight is 356 g/mol. The van der Waals surface area contributed by atoms with Crippen LogP contribution in [0.4, 0.5) is 5.69 Å². The van der Waals surface area contributed by atoms with Crippen LogP contribution in [0.15, 0.2) is 29.6 Å². The monoisotopic (exact) mass is 356 g/mol. The van der Waals surface area contributed by atoms with Gasteiger partial charge >= 0.3 is 0 Å². The van der Waals surface area contributed by atoms with Crippen molar-refractivity contribution in [2.75, 3.05) is 12.4 Å². The molecule has 2 aromatic rings. The molecular weight excluding hydrogens is 332 g/mol. The molecule has 1 unspecified atom stereocenters. The number of hydrogen-bond acceptors (Lipinski definition) is 3. The predicted molar refractivity (Wildman–Crippen MR) is 102 cm³/mol. The Morgan fingerprint density at radius 3 is 2.92 bits per heavy atom. The van der Waals surface area contributed by atoms with Crippen LogP contribution >= 0.6 is 11.3 Å². The molecule has 0 aliphatic heterocycles. The summed E-state index contributed by atoms with van der Waals surface area (Å²) in [7, 11) is 1.77. The van der Waals surface area contributed by atoms with Crippen molar-refractivity contribution in [2.45, 2.75) is 39.7 Å². The molecule has 1 aliphatic carbocycles. The zero-order valence-corrected chi connectivity index (χ0v) is 15.8. The molecule has 1 aliphatic rings. The van der Waals surface area contributed by atoms with Gasteiger partial charge in [0.2, 0.25) is 5.91 Å². The van der Waals surface area contributed by atoms with Crippen LogP contribution in [0.2, 0.25) is 0 Å². The number of hydrogen-bond donors (Lipinski definition) is 1. The number of fused-ring (bicyclic) bond motifs is 1. The third-order valence-corrected chi connectivity index (χ3v) is 5.84.